The molecule has 0 amide bonds. The molecule has 0 bridgehead atoms. The van der Waals surface area contributed by atoms with Gasteiger partial charge in [-0.15, -0.1) is 0 Å². The lowest BCUT2D eigenvalue weighted by Gasteiger charge is -2.20. The minimum atomic E-state index is -0.00532. The summed E-state index contributed by atoms with van der Waals surface area (Å²) < 4.78 is 5.07. The van der Waals surface area contributed by atoms with Crippen LogP contribution in [0.25, 0.3) is 10.9 Å². The number of methoxy groups -OCH3 is 1. The molecule has 21 heavy (non-hydrogen) atoms. The molecule has 1 aromatic carbocycles. The lowest BCUT2D eigenvalue weighted by atomic mass is 9.90. The van der Waals surface area contributed by atoms with Crippen LogP contribution in [0.15, 0.2) is 24.3 Å². The van der Waals surface area contributed by atoms with Crippen LogP contribution in [-0.2, 0) is 16.7 Å². The molecular weight excluding hydrogens is 284 g/mol. The molecule has 0 aliphatic carbocycles. The Balaban J connectivity index is 2.43. The van der Waals surface area contributed by atoms with E-state index in [1.54, 1.807) is 7.11 Å². The molecule has 114 valence electrons. The van der Waals surface area contributed by atoms with Crippen LogP contribution in [0.1, 0.15) is 32.0 Å². The van der Waals surface area contributed by atoms with Crippen LogP contribution in [0.2, 0.25) is 5.02 Å². The third-order valence-electron chi connectivity index (χ3n) is 3.44. The number of fused-ring (bicyclic) bond motifs is 1. The monoisotopic (exact) mass is 306 g/mol. The lowest BCUT2D eigenvalue weighted by Crippen LogP contribution is -2.20. The molecule has 3 nitrogen and oxygen atoms in total. The molecule has 0 aliphatic heterocycles. The molecule has 0 fully saturated rings. The van der Waals surface area contributed by atoms with Gasteiger partial charge in [0.25, 0.3) is 0 Å². The second kappa shape index (κ2) is 6.73. The topological polar surface area (TPSA) is 34.1 Å². The molecule has 0 aliphatic rings. The van der Waals surface area contributed by atoms with Crippen LogP contribution in [0.5, 0.6) is 0 Å². The fourth-order valence-corrected chi connectivity index (χ4v) is 2.43. The van der Waals surface area contributed by atoms with E-state index in [1.807, 2.05) is 12.1 Å². The van der Waals surface area contributed by atoms with Gasteiger partial charge in [0, 0.05) is 36.7 Å². The van der Waals surface area contributed by atoms with Crippen molar-refractivity contribution < 1.29 is 4.74 Å². The number of rotatable bonds is 5. The number of nitrogens with zero attached hydrogens (tertiary/aromatic N) is 1. The van der Waals surface area contributed by atoms with Gasteiger partial charge in [0.05, 0.1) is 17.1 Å². The van der Waals surface area contributed by atoms with Gasteiger partial charge in [0.2, 0.25) is 0 Å². The number of para-hydroxylation sites is 1. The van der Waals surface area contributed by atoms with Gasteiger partial charge in [-0.2, -0.15) is 0 Å². The number of benzene rings is 1. The molecule has 1 aromatic heterocycles. The normalized spacial score (nSPS) is 12.0. The number of pyridine rings is 1. The predicted molar refractivity (Wildman–Crippen MR) is 89.0 cm³/mol. The molecule has 1 N–H and O–H groups in total. The highest BCUT2D eigenvalue weighted by atomic mass is 35.5. The Kier molecular flexibility index (Phi) is 5.20. The van der Waals surface area contributed by atoms with Gasteiger partial charge in [-0.3, -0.25) is 4.98 Å². The van der Waals surface area contributed by atoms with Crippen molar-refractivity contribution in [3.63, 3.8) is 0 Å². The summed E-state index contributed by atoms with van der Waals surface area (Å²) in [7, 11) is 1.71. The van der Waals surface area contributed by atoms with E-state index in [1.165, 1.54) is 5.56 Å². The first kappa shape index (κ1) is 16.2. The summed E-state index contributed by atoms with van der Waals surface area (Å²) in [5.41, 5.74) is 3.17. The third kappa shape index (κ3) is 3.94. The highest BCUT2D eigenvalue weighted by Gasteiger charge is 2.18. The van der Waals surface area contributed by atoms with Gasteiger partial charge in [0.1, 0.15) is 0 Å². The molecule has 0 radical (unpaired) electrons. The fourth-order valence-electron chi connectivity index (χ4n) is 2.21. The second-order valence-corrected chi connectivity index (χ2v) is 6.63. The Labute approximate surface area is 131 Å². The van der Waals surface area contributed by atoms with Crippen LogP contribution < -0.4 is 5.32 Å². The molecule has 0 saturated heterocycles. The molecule has 2 rings (SSSR count). The zero-order chi connectivity index (χ0) is 15.5. The van der Waals surface area contributed by atoms with E-state index in [-0.39, 0.29) is 5.41 Å². The van der Waals surface area contributed by atoms with Crippen LogP contribution in [0, 0.1) is 0 Å². The van der Waals surface area contributed by atoms with Gasteiger partial charge >= 0.3 is 0 Å². The van der Waals surface area contributed by atoms with Crippen molar-refractivity contribution in [1.29, 1.82) is 0 Å². The van der Waals surface area contributed by atoms with Crippen molar-refractivity contribution in [2.45, 2.75) is 32.7 Å². The van der Waals surface area contributed by atoms with Crippen LogP contribution in [0.4, 0.5) is 0 Å². The van der Waals surface area contributed by atoms with Crippen molar-refractivity contribution in [1.82, 2.24) is 10.3 Å². The molecule has 1 heterocycles. The van der Waals surface area contributed by atoms with Crippen molar-refractivity contribution in [2.75, 3.05) is 20.3 Å². The van der Waals surface area contributed by atoms with E-state index in [2.05, 4.69) is 38.2 Å². The first-order chi connectivity index (χ1) is 9.93. The van der Waals surface area contributed by atoms with E-state index >= 15 is 0 Å². The maximum atomic E-state index is 6.33. The number of hydrogen-bond donors (Lipinski definition) is 1. The Bertz CT molecular complexity index is 620. The number of nitrogens with one attached hydrogen (secondary N) is 1. The minimum absolute atomic E-state index is 0.00532. The molecule has 2 aromatic rings. The summed E-state index contributed by atoms with van der Waals surface area (Å²) in [5.74, 6) is 0. The molecule has 0 atom stereocenters. The highest BCUT2D eigenvalue weighted by molar-refractivity contribution is 6.35. The SMILES string of the molecule is COCCNCc1cc(C(C)(C)C)nc2c(Cl)cccc12. The summed E-state index contributed by atoms with van der Waals surface area (Å²) in [6.07, 6.45) is 0. The number of ether oxygens (including phenoxy) is 1. The summed E-state index contributed by atoms with van der Waals surface area (Å²) in [4.78, 5) is 4.77. The highest BCUT2D eigenvalue weighted by Crippen LogP contribution is 2.29. The van der Waals surface area contributed by atoms with Crippen molar-refractivity contribution >= 4 is 22.5 Å². The van der Waals surface area contributed by atoms with E-state index in [0.29, 0.717) is 11.6 Å². The van der Waals surface area contributed by atoms with E-state index in [0.717, 1.165) is 29.7 Å². The maximum Gasteiger partial charge on any atom is 0.0894 e. The van der Waals surface area contributed by atoms with Crippen LogP contribution in [-0.4, -0.2) is 25.2 Å². The average Bonchev–Trinajstić information content (AvgIpc) is 2.43. The summed E-state index contributed by atoms with van der Waals surface area (Å²) >= 11 is 6.33. The van der Waals surface area contributed by atoms with Crippen LogP contribution >= 0.6 is 11.6 Å². The molecule has 0 saturated carbocycles. The number of halogens is 1. The molecule has 0 unspecified atom stereocenters. The van der Waals surface area contributed by atoms with Crippen LogP contribution in [0.3, 0.4) is 0 Å². The first-order valence-corrected chi connectivity index (χ1v) is 7.59. The van der Waals surface area contributed by atoms with Gasteiger partial charge < -0.3 is 10.1 Å². The molecular formula is C17H23ClN2O. The van der Waals surface area contributed by atoms with Crippen molar-refractivity contribution in [3.05, 3.63) is 40.5 Å². The van der Waals surface area contributed by atoms with Gasteiger partial charge in [-0.1, -0.05) is 44.5 Å². The van der Waals surface area contributed by atoms with Crippen molar-refractivity contribution in [3.8, 4) is 0 Å². The van der Waals surface area contributed by atoms with Crippen molar-refractivity contribution in [2.24, 2.45) is 0 Å². The molecule has 4 heteroatoms. The van der Waals surface area contributed by atoms with Gasteiger partial charge in [-0.25, -0.2) is 0 Å². The minimum Gasteiger partial charge on any atom is -0.383 e. The predicted octanol–water partition coefficient (Wildman–Crippen LogP) is 3.92. The number of hydrogen-bond acceptors (Lipinski definition) is 3. The average molecular weight is 307 g/mol. The number of aromatic nitrogens is 1. The summed E-state index contributed by atoms with van der Waals surface area (Å²) in [6.45, 7) is 8.81. The summed E-state index contributed by atoms with van der Waals surface area (Å²) in [5, 5.41) is 5.21. The Morgan fingerprint density at radius 3 is 2.71 bits per heavy atom. The smallest absolute Gasteiger partial charge is 0.0894 e. The molecule has 0 spiro atoms. The van der Waals surface area contributed by atoms with E-state index in [9.17, 15) is 0 Å². The second-order valence-electron chi connectivity index (χ2n) is 6.22. The Morgan fingerprint density at radius 1 is 1.29 bits per heavy atom. The Hall–Kier alpha value is -1.16. The standard InChI is InChI=1S/C17H23ClN2O/c1-17(2,3)15-10-12(11-19-8-9-21-4)13-6-5-7-14(18)16(13)20-15/h5-7,10,19H,8-9,11H2,1-4H3. The third-order valence-corrected chi connectivity index (χ3v) is 3.75. The maximum absolute atomic E-state index is 6.33. The summed E-state index contributed by atoms with van der Waals surface area (Å²) in [6, 6.07) is 8.12. The Morgan fingerprint density at radius 2 is 2.05 bits per heavy atom. The zero-order valence-corrected chi connectivity index (χ0v) is 13.9. The largest absolute Gasteiger partial charge is 0.383 e. The van der Waals surface area contributed by atoms with Gasteiger partial charge in [-0.05, 0) is 17.7 Å². The zero-order valence-electron chi connectivity index (χ0n) is 13.2. The lowest BCUT2D eigenvalue weighted by molar-refractivity contribution is 0.199. The quantitative estimate of drug-likeness (QED) is 0.850. The fraction of sp³-hybridized carbons (Fsp3) is 0.471. The van der Waals surface area contributed by atoms with Gasteiger partial charge in [0.15, 0.2) is 0 Å². The van der Waals surface area contributed by atoms with E-state index in [4.69, 9.17) is 21.3 Å². The van der Waals surface area contributed by atoms with E-state index < -0.39 is 0 Å². The first-order valence-electron chi connectivity index (χ1n) is 7.22.